The molecule has 0 aliphatic carbocycles. The number of anilines is 1. The Morgan fingerprint density at radius 1 is 1.43 bits per heavy atom. The number of aliphatic hydroxyl groups excluding tert-OH is 1. The fraction of sp³-hybridized carbons (Fsp3) is 0.500. The van der Waals surface area contributed by atoms with Gasteiger partial charge in [0.15, 0.2) is 0 Å². The molecule has 1 aromatic carbocycles. The van der Waals surface area contributed by atoms with Crippen LogP contribution in [-0.4, -0.2) is 37.9 Å². The van der Waals surface area contributed by atoms with Gasteiger partial charge in [-0.05, 0) is 30.9 Å². The highest BCUT2D eigenvalue weighted by atomic mass is 16.5. The van der Waals surface area contributed by atoms with Crippen molar-refractivity contribution in [1.29, 1.82) is 0 Å². The van der Waals surface area contributed by atoms with Crippen molar-refractivity contribution in [1.82, 2.24) is 5.32 Å². The number of carbonyl (C=O) groups excluding carboxylic acids is 1. The lowest BCUT2D eigenvalue weighted by molar-refractivity contribution is 0.246. The van der Waals surface area contributed by atoms with Gasteiger partial charge in [-0.3, -0.25) is 4.90 Å². The van der Waals surface area contributed by atoms with Crippen molar-refractivity contribution in [3.05, 3.63) is 35.4 Å². The molecule has 2 rings (SSSR count). The van der Waals surface area contributed by atoms with Crippen LogP contribution in [-0.2, 0) is 12.8 Å². The summed E-state index contributed by atoms with van der Waals surface area (Å²) >= 11 is 0. The third kappa shape index (κ3) is 4.05. The summed E-state index contributed by atoms with van der Waals surface area (Å²) in [5, 5.41) is 11.9. The third-order valence-electron chi connectivity index (χ3n) is 4.06. The number of hydrogen-bond acceptors (Lipinski definition) is 3. The monoisotopic (exact) mass is 318 g/mol. The molecule has 2 N–H and O–H groups in total. The molecule has 1 aliphatic heterocycles. The number of urea groups is 1. The number of carbonyl (C=O) groups is 1. The van der Waals surface area contributed by atoms with Crippen molar-refractivity contribution >= 4 is 11.7 Å². The van der Waals surface area contributed by atoms with E-state index in [2.05, 4.69) is 12.2 Å². The summed E-state index contributed by atoms with van der Waals surface area (Å²) in [6.07, 6.45) is 7.17. The summed E-state index contributed by atoms with van der Waals surface area (Å²) in [5.74, 6) is 0.832. The van der Waals surface area contributed by atoms with Gasteiger partial charge in [0.2, 0.25) is 0 Å². The number of aliphatic hydroxyl groups is 1. The van der Waals surface area contributed by atoms with Crippen molar-refractivity contribution in [3.8, 4) is 5.75 Å². The van der Waals surface area contributed by atoms with Crippen LogP contribution in [0.25, 0.3) is 0 Å². The van der Waals surface area contributed by atoms with Crippen LogP contribution in [0, 0.1) is 0 Å². The molecule has 2 amide bonds. The smallest absolute Gasteiger partial charge is 0.321 e. The first-order valence-corrected chi connectivity index (χ1v) is 8.22. The Balaban J connectivity index is 2.25. The van der Waals surface area contributed by atoms with Gasteiger partial charge in [0.25, 0.3) is 0 Å². The number of methoxy groups -OCH3 is 1. The SMILES string of the molecule is CCCCNC(=O)N1CCc2c(OC)ccc(C/C=C\CO)c21. The second-order valence-corrected chi connectivity index (χ2v) is 5.60. The molecule has 1 heterocycles. The second-order valence-electron chi connectivity index (χ2n) is 5.60. The Hall–Kier alpha value is -2.01. The minimum absolute atomic E-state index is 0.0273. The molecule has 0 radical (unpaired) electrons. The van der Waals surface area contributed by atoms with E-state index in [9.17, 15) is 4.79 Å². The molecule has 0 aromatic heterocycles. The quantitative estimate of drug-likeness (QED) is 0.600. The summed E-state index contributed by atoms with van der Waals surface area (Å²) in [6.45, 7) is 3.50. The summed E-state index contributed by atoms with van der Waals surface area (Å²) < 4.78 is 5.45. The van der Waals surface area contributed by atoms with E-state index in [1.54, 1.807) is 13.2 Å². The minimum atomic E-state index is -0.0437. The molecular formula is C18H26N2O3. The topological polar surface area (TPSA) is 61.8 Å². The first-order valence-electron chi connectivity index (χ1n) is 8.22. The molecule has 0 fully saturated rings. The van der Waals surface area contributed by atoms with Gasteiger partial charge < -0.3 is 15.2 Å². The standard InChI is InChI=1S/C18H26N2O3/c1-3-4-11-19-18(22)20-12-10-15-16(23-2)9-8-14(17(15)20)7-5-6-13-21/h5-6,8-9,21H,3-4,7,10-13H2,1-2H3,(H,19,22)/b6-5-. The predicted octanol–water partition coefficient (Wildman–Crippen LogP) is 2.66. The zero-order valence-electron chi connectivity index (χ0n) is 14.0. The van der Waals surface area contributed by atoms with Crippen LogP contribution in [0.4, 0.5) is 10.5 Å². The summed E-state index contributed by atoms with van der Waals surface area (Å²) in [7, 11) is 1.66. The highest BCUT2D eigenvalue weighted by molar-refractivity contribution is 5.95. The lowest BCUT2D eigenvalue weighted by atomic mass is 10.0. The van der Waals surface area contributed by atoms with Crippen LogP contribution in [0.1, 0.15) is 30.9 Å². The zero-order chi connectivity index (χ0) is 16.7. The molecule has 126 valence electrons. The Morgan fingerprint density at radius 2 is 2.26 bits per heavy atom. The van der Waals surface area contributed by atoms with E-state index in [-0.39, 0.29) is 12.6 Å². The normalized spacial score (nSPS) is 13.4. The summed E-state index contributed by atoms with van der Waals surface area (Å²) in [6, 6.07) is 3.91. The Bertz CT molecular complexity index is 570. The van der Waals surface area contributed by atoms with E-state index in [4.69, 9.17) is 9.84 Å². The molecule has 23 heavy (non-hydrogen) atoms. The maximum Gasteiger partial charge on any atom is 0.321 e. The predicted molar refractivity (Wildman–Crippen MR) is 92.3 cm³/mol. The molecule has 0 unspecified atom stereocenters. The molecule has 0 spiro atoms. The maximum atomic E-state index is 12.5. The van der Waals surface area contributed by atoms with Crippen molar-refractivity contribution in [3.63, 3.8) is 0 Å². The number of amides is 2. The van der Waals surface area contributed by atoms with Crippen LogP contribution in [0.3, 0.4) is 0 Å². The van der Waals surface area contributed by atoms with Crippen LogP contribution in [0.2, 0.25) is 0 Å². The molecule has 5 nitrogen and oxygen atoms in total. The van der Waals surface area contributed by atoms with Gasteiger partial charge in [-0.1, -0.05) is 31.6 Å². The fourth-order valence-electron chi connectivity index (χ4n) is 2.89. The van der Waals surface area contributed by atoms with Gasteiger partial charge in [0.1, 0.15) is 5.75 Å². The average Bonchev–Trinajstić information content (AvgIpc) is 3.01. The first kappa shape index (κ1) is 17.3. The van der Waals surface area contributed by atoms with Gasteiger partial charge in [-0.2, -0.15) is 0 Å². The van der Waals surface area contributed by atoms with E-state index in [1.165, 1.54) is 0 Å². The molecule has 0 saturated carbocycles. The number of unbranched alkanes of at least 4 members (excludes halogenated alkanes) is 1. The maximum absolute atomic E-state index is 12.5. The van der Waals surface area contributed by atoms with Crippen LogP contribution < -0.4 is 15.0 Å². The number of allylic oxidation sites excluding steroid dienone is 1. The largest absolute Gasteiger partial charge is 0.496 e. The number of benzene rings is 1. The zero-order valence-corrected chi connectivity index (χ0v) is 14.0. The van der Waals surface area contributed by atoms with E-state index < -0.39 is 0 Å². The van der Waals surface area contributed by atoms with Gasteiger partial charge in [-0.15, -0.1) is 0 Å². The van der Waals surface area contributed by atoms with Crippen LogP contribution in [0.15, 0.2) is 24.3 Å². The molecule has 0 bridgehead atoms. The number of rotatable bonds is 7. The number of ether oxygens (including phenoxy) is 1. The van der Waals surface area contributed by atoms with Crippen molar-refractivity contribution in [2.45, 2.75) is 32.6 Å². The summed E-state index contributed by atoms with van der Waals surface area (Å²) in [4.78, 5) is 14.3. The van der Waals surface area contributed by atoms with E-state index in [0.29, 0.717) is 19.5 Å². The van der Waals surface area contributed by atoms with Gasteiger partial charge in [0.05, 0.1) is 19.4 Å². The lowest BCUT2D eigenvalue weighted by Gasteiger charge is -2.21. The number of nitrogens with one attached hydrogen (secondary N) is 1. The molecule has 1 aliphatic rings. The van der Waals surface area contributed by atoms with Crippen molar-refractivity contribution in [2.24, 2.45) is 0 Å². The molecule has 0 atom stereocenters. The van der Waals surface area contributed by atoms with Crippen molar-refractivity contribution in [2.75, 3.05) is 31.7 Å². The Morgan fingerprint density at radius 3 is 2.96 bits per heavy atom. The minimum Gasteiger partial charge on any atom is -0.496 e. The molecule has 5 heteroatoms. The summed E-state index contributed by atoms with van der Waals surface area (Å²) in [5.41, 5.74) is 3.13. The van der Waals surface area contributed by atoms with Crippen LogP contribution >= 0.6 is 0 Å². The molecule has 0 saturated heterocycles. The molecule has 1 aromatic rings. The van der Waals surface area contributed by atoms with E-state index in [0.717, 1.165) is 41.8 Å². The fourth-order valence-corrected chi connectivity index (χ4v) is 2.89. The highest BCUT2D eigenvalue weighted by Crippen LogP contribution is 2.38. The number of nitrogens with zero attached hydrogens (tertiary/aromatic N) is 1. The van der Waals surface area contributed by atoms with E-state index in [1.807, 2.05) is 23.1 Å². The third-order valence-corrected chi connectivity index (χ3v) is 4.06. The van der Waals surface area contributed by atoms with Gasteiger partial charge >= 0.3 is 6.03 Å². The lowest BCUT2D eigenvalue weighted by Crippen LogP contribution is -2.39. The number of hydrogen-bond donors (Lipinski definition) is 2. The Labute approximate surface area is 137 Å². The van der Waals surface area contributed by atoms with Crippen molar-refractivity contribution < 1.29 is 14.6 Å². The second kappa shape index (κ2) is 8.58. The van der Waals surface area contributed by atoms with Gasteiger partial charge in [0, 0.05) is 18.7 Å². The Kier molecular flexibility index (Phi) is 6.47. The number of fused-ring (bicyclic) bond motifs is 1. The first-order chi connectivity index (χ1) is 11.2. The van der Waals surface area contributed by atoms with E-state index >= 15 is 0 Å². The van der Waals surface area contributed by atoms with Gasteiger partial charge in [-0.25, -0.2) is 4.79 Å². The highest BCUT2D eigenvalue weighted by Gasteiger charge is 2.29. The molecular weight excluding hydrogens is 292 g/mol. The average molecular weight is 318 g/mol. The van der Waals surface area contributed by atoms with Crippen LogP contribution in [0.5, 0.6) is 5.75 Å².